The lowest BCUT2D eigenvalue weighted by molar-refractivity contribution is -0.124. The fourth-order valence-corrected chi connectivity index (χ4v) is 3.13. The molecule has 0 unspecified atom stereocenters. The third-order valence-electron chi connectivity index (χ3n) is 3.32. The molecule has 0 saturated carbocycles. The van der Waals surface area contributed by atoms with Crippen molar-refractivity contribution in [2.45, 2.75) is 18.2 Å². The van der Waals surface area contributed by atoms with Gasteiger partial charge in [-0.25, -0.2) is 13.9 Å². The van der Waals surface area contributed by atoms with Crippen molar-refractivity contribution in [3.63, 3.8) is 0 Å². The van der Waals surface area contributed by atoms with Gasteiger partial charge in [-0.3, -0.25) is 14.7 Å². The van der Waals surface area contributed by atoms with Gasteiger partial charge in [-0.1, -0.05) is 31.2 Å². The highest BCUT2D eigenvalue weighted by molar-refractivity contribution is 7.92. The van der Waals surface area contributed by atoms with Crippen LogP contribution < -0.4 is 10.2 Å². The normalized spacial score (nSPS) is 11.4. The highest BCUT2D eigenvalue weighted by Gasteiger charge is 2.14. The van der Waals surface area contributed by atoms with Crippen molar-refractivity contribution in [3.05, 3.63) is 65.7 Å². The van der Waals surface area contributed by atoms with Gasteiger partial charge in [0.15, 0.2) is 0 Å². The van der Waals surface area contributed by atoms with Crippen molar-refractivity contribution in [3.8, 4) is 0 Å². The number of hydrogen-bond donors (Lipinski definition) is 3. The fraction of sp³-hybridized carbons (Fsp3) is 0.118. The number of aryl methyl sites for hydroxylation is 1. The number of rotatable bonds is 6. The van der Waals surface area contributed by atoms with Crippen molar-refractivity contribution in [1.82, 2.24) is 5.48 Å². The lowest BCUT2D eigenvalue weighted by Gasteiger charge is -2.09. The van der Waals surface area contributed by atoms with E-state index in [4.69, 9.17) is 5.21 Å². The molecule has 2 aromatic carbocycles. The summed E-state index contributed by atoms with van der Waals surface area (Å²) in [4.78, 5) is 11.1. The Bertz CT molecular complexity index is 843. The lowest BCUT2D eigenvalue weighted by atomic mass is 10.2. The molecule has 1 amide bonds. The quantitative estimate of drug-likeness (QED) is 0.425. The number of carbonyl (C=O) groups is 1. The van der Waals surface area contributed by atoms with Crippen LogP contribution in [0.25, 0.3) is 6.08 Å². The van der Waals surface area contributed by atoms with Crippen LogP contribution in [0.2, 0.25) is 0 Å². The summed E-state index contributed by atoms with van der Waals surface area (Å²) in [5.74, 6) is -0.697. The molecule has 2 rings (SSSR count). The Balaban J connectivity index is 2.22. The third kappa shape index (κ3) is 4.68. The summed E-state index contributed by atoms with van der Waals surface area (Å²) >= 11 is 0. The van der Waals surface area contributed by atoms with Crippen LogP contribution in [0.3, 0.4) is 0 Å². The molecule has 2 aromatic rings. The van der Waals surface area contributed by atoms with E-state index in [0.29, 0.717) is 11.3 Å². The lowest BCUT2D eigenvalue weighted by Crippen LogP contribution is -2.15. The highest BCUT2D eigenvalue weighted by Crippen LogP contribution is 2.18. The summed E-state index contributed by atoms with van der Waals surface area (Å²) < 4.78 is 27.4. The summed E-state index contributed by atoms with van der Waals surface area (Å²) in [5, 5.41) is 8.44. The third-order valence-corrected chi connectivity index (χ3v) is 4.70. The fourth-order valence-electron chi connectivity index (χ4n) is 2.02. The minimum Gasteiger partial charge on any atom is -0.288 e. The molecule has 7 heteroatoms. The SMILES string of the molecule is CCc1ccc(NS(=O)(=O)c2cccc(/C=C/C(=O)NO)c2)cc1. The first-order valence-corrected chi connectivity index (χ1v) is 8.77. The molecule has 0 radical (unpaired) electrons. The molecule has 6 nitrogen and oxygen atoms in total. The van der Waals surface area contributed by atoms with E-state index in [-0.39, 0.29) is 4.90 Å². The molecule has 0 spiro atoms. The summed E-state index contributed by atoms with van der Waals surface area (Å²) in [6, 6.07) is 13.3. The zero-order chi connectivity index (χ0) is 17.6. The van der Waals surface area contributed by atoms with E-state index in [2.05, 4.69) is 4.72 Å². The smallest absolute Gasteiger partial charge is 0.267 e. The minimum absolute atomic E-state index is 0.0774. The molecule has 0 bridgehead atoms. The first kappa shape index (κ1) is 17.7. The van der Waals surface area contributed by atoms with Crippen LogP contribution in [0, 0.1) is 0 Å². The van der Waals surface area contributed by atoms with Gasteiger partial charge < -0.3 is 0 Å². The summed E-state index contributed by atoms with van der Waals surface area (Å²) in [6.45, 7) is 2.02. The second-order valence-corrected chi connectivity index (χ2v) is 6.72. The molecule has 0 aliphatic heterocycles. The van der Waals surface area contributed by atoms with Gasteiger partial charge in [0.25, 0.3) is 15.9 Å². The van der Waals surface area contributed by atoms with E-state index >= 15 is 0 Å². The topological polar surface area (TPSA) is 95.5 Å². The Kier molecular flexibility index (Phi) is 5.73. The van der Waals surface area contributed by atoms with Crippen molar-refractivity contribution >= 4 is 27.7 Å². The van der Waals surface area contributed by atoms with Crippen LogP contribution in [0.4, 0.5) is 5.69 Å². The van der Waals surface area contributed by atoms with Gasteiger partial charge in [0, 0.05) is 11.8 Å². The Morgan fingerprint density at radius 1 is 1.17 bits per heavy atom. The Labute approximate surface area is 140 Å². The molecule has 0 fully saturated rings. The van der Waals surface area contributed by atoms with Crippen LogP contribution >= 0.6 is 0 Å². The largest absolute Gasteiger partial charge is 0.288 e. The second kappa shape index (κ2) is 7.76. The van der Waals surface area contributed by atoms with E-state index in [1.165, 1.54) is 23.7 Å². The maximum atomic E-state index is 12.4. The minimum atomic E-state index is -3.73. The molecule has 0 atom stereocenters. The Hall–Kier alpha value is -2.64. The average Bonchev–Trinajstić information content (AvgIpc) is 2.60. The van der Waals surface area contributed by atoms with Crippen molar-refractivity contribution in [2.24, 2.45) is 0 Å². The number of sulfonamides is 1. The van der Waals surface area contributed by atoms with Gasteiger partial charge in [-0.05, 0) is 47.9 Å². The van der Waals surface area contributed by atoms with Crippen LogP contribution in [0.1, 0.15) is 18.1 Å². The van der Waals surface area contributed by atoms with Gasteiger partial charge in [0.05, 0.1) is 4.90 Å². The number of anilines is 1. The first-order chi connectivity index (χ1) is 11.4. The molecule has 0 aromatic heterocycles. The van der Waals surface area contributed by atoms with Crippen molar-refractivity contribution < 1.29 is 18.4 Å². The summed E-state index contributed by atoms with van der Waals surface area (Å²) in [6.07, 6.45) is 3.38. The number of nitrogens with one attached hydrogen (secondary N) is 2. The molecular weight excluding hydrogens is 328 g/mol. The highest BCUT2D eigenvalue weighted by atomic mass is 32.2. The predicted octanol–water partition coefficient (Wildman–Crippen LogP) is 2.57. The number of hydrogen-bond acceptors (Lipinski definition) is 4. The molecule has 126 valence electrons. The Morgan fingerprint density at radius 3 is 2.50 bits per heavy atom. The van der Waals surface area contributed by atoms with E-state index in [1.54, 1.807) is 24.3 Å². The van der Waals surface area contributed by atoms with Gasteiger partial charge in [0.1, 0.15) is 0 Å². The molecular formula is C17H18N2O4S. The zero-order valence-corrected chi connectivity index (χ0v) is 13.9. The van der Waals surface area contributed by atoms with E-state index in [0.717, 1.165) is 18.1 Å². The molecule has 0 aliphatic carbocycles. The average molecular weight is 346 g/mol. The van der Waals surface area contributed by atoms with Gasteiger partial charge in [-0.15, -0.1) is 0 Å². The molecule has 24 heavy (non-hydrogen) atoms. The Morgan fingerprint density at radius 2 is 1.88 bits per heavy atom. The monoisotopic (exact) mass is 346 g/mol. The van der Waals surface area contributed by atoms with Crippen LogP contribution in [0.15, 0.2) is 59.5 Å². The maximum absolute atomic E-state index is 12.4. The molecule has 0 aliphatic rings. The van der Waals surface area contributed by atoms with Crippen LogP contribution in [-0.2, 0) is 21.2 Å². The number of hydroxylamine groups is 1. The van der Waals surface area contributed by atoms with Gasteiger partial charge >= 0.3 is 0 Å². The molecule has 0 saturated heterocycles. The van der Waals surface area contributed by atoms with Crippen molar-refractivity contribution in [1.29, 1.82) is 0 Å². The second-order valence-electron chi connectivity index (χ2n) is 5.04. The van der Waals surface area contributed by atoms with Crippen LogP contribution in [-0.4, -0.2) is 19.5 Å². The van der Waals surface area contributed by atoms with E-state index in [1.807, 2.05) is 19.1 Å². The first-order valence-electron chi connectivity index (χ1n) is 7.28. The summed E-state index contributed by atoms with van der Waals surface area (Å²) in [7, 11) is -3.73. The van der Waals surface area contributed by atoms with E-state index in [9.17, 15) is 13.2 Å². The summed E-state index contributed by atoms with van der Waals surface area (Å²) in [5.41, 5.74) is 3.58. The van der Waals surface area contributed by atoms with E-state index < -0.39 is 15.9 Å². The standard InChI is InChI=1S/C17H18N2O4S/c1-2-13-6-9-15(10-7-13)19-24(22,23)16-5-3-4-14(12-16)8-11-17(20)18-21/h3-12,19,21H,2H2,1H3,(H,18,20)/b11-8+. The number of amides is 1. The maximum Gasteiger partial charge on any atom is 0.267 e. The molecule has 0 heterocycles. The predicted molar refractivity (Wildman–Crippen MR) is 92.0 cm³/mol. The van der Waals surface area contributed by atoms with Crippen LogP contribution in [0.5, 0.6) is 0 Å². The van der Waals surface area contributed by atoms with Gasteiger partial charge in [-0.2, -0.15) is 0 Å². The zero-order valence-electron chi connectivity index (χ0n) is 13.1. The number of carbonyl (C=O) groups excluding carboxylic acids is 1. The van der Waals surface area contributed by atoms with Gasteiger partial charge in [0.2, 0.25) is 0 Å². The molecule has 3 N–H and O–H groups in total. The number of benzene rings is 2. The van der Waals surface area contributed by atoms with Crippen molar-refractivity contribution in [2.75, 3.05) is 4.72 Å².